The van der Waals surface area contributed by atoms with Gasteiger partial charge < -0.3 is 4.90 Å². The van der Waals surface area contributed by atoms with Crippen molar-refractivity contribution < 1.29 is 9.72 Å². The maximum absolute atomic E-state index is 12.6. The van der Waals surface area contributed by atoms with Crippen molar-refractivity contribution in [2.45, 2.75) is 18.9 Å². The lowest BCUT2D eigenvalue weighted by Gasteiger charge is -2.23. The number of nitrogens with zero attached hydrogens (tertiary/aromatic N) is 2. The van der Waals surface area contributed by atoms with Crippen molar-refractivity contribution in [2.24, 2.45) is 0 Å². The van der Waals surface area contributed by atoms with Gasteiger partial charge in [-0.1, -0.05) is 42.5 Å². The molecule has 0 N–H and O–H groups in total. The summed E-state index contributed by atoms with van der Waals surface area (Å²) in [5.41, 5.74) is 1.57. The minimum atomic E-state index is -0.438. The number of hydrogen-bond donors (Lipinski definition) is 0. The first-order valence-corrected chi connectivity index (χ1v) is 7.94. The lowest BCUT2D eigenvalue weighted by molar-refractivity contribution is -0.385. The molecule has 0 spiro atoms. The Labute approximate surface area is 140 Å². The van der Waals surface area contributed by atoms with Crippen LogP contribution in [0.4, 0.5) is 5.69 Å². The van der Waals surface area contributed by atoms with Crippen molar-refractivity contribution in [3.8, 4) is 0 Å². The largest absolute Gasteiger partial charge is 0.332 e. The third kappa shape index (κ3) is 3.35. The quantitative estimate of drug-likeness (QED) is 0.486. The van der Waals surface area contributed by atoms with Crippen molar-refractivity contribution in [2.75, 3.05) is 6.54 Å². The molecular weight excluding hydrogens is 304 g/mol. The average molecular weight is 322 g/mol. The second kappa shape index (κ2) is 7.08. The summed E-state index contributed by atoms with van der Waals surface area (Å²) in [5, 5.41) is 11.0. The number of carbonyl (C=O) groups excluding carboxylic acids is 1. The predicted octanol–water partition coefficient (Wildman–Crippen LogP) is 3.97. The van der Waals surface area contributed by atoms with Crippen LogP contribution in [-0.4, -0.2) is 22.3 Å². The number of benzene rings is 2. The molecule has 24 heavy (non-hydrogen) atoms. The normalized spacial score (nSPS) is 17.3. The fourth-order valence-corrected chi connectivity index (χ4v) is 3.10. The first-order chi connectivity index (χ1) is 11.7. The van der Waals surface area contributed by atoms with E-state index in [4.69, 9.17) is 0 Å². The molecule has 1 heterocycles. The number of likely N-dealkylation sites (tertiary alicyclic amines) is 1. The zero-order valence-electron chi connectivity index (χ0n) is 13.2. The van der Waals surface area contributed by atoms with Crippen LogP contribution in [0.2, 0.25) is 0 Å². The van der Waals surface area contributed by atoms with E-state index in [1.54, 1.807) is 18.2 Å². The summed E-state index contributed by atoms with van der Waals surface area (Å²) in [6.07, 6.45) is 4.87. The molecule has 0 radical (unpaired) electrons. The van der Waals surface area contributed by atoms with Crippen molar-refractivity contribution in [1.82, 2.24) is 4.90 Å². The molecule has 1 unspecified atom stereocenters. The van der Waals surface area contributed by atoms with E-state index >= 15 is 0 Å². The van der Waals surface area contributed by atoms with Gasteiger partial charge in [0.05, 0.1) is 16.5 Å². The second-order valence-corrected chi connectivity index (χ2v) is 5.75. The highest BCUT2D eigenvalue weighted by Crippen LogP contribution is 2.32. The SMILES string of the molecule is O=C(/C=C/c1ccccc1[N+](=O)[O-])N1CCCC1c1ccccc1. The summed E-state index contributed by atoms with van der Waals surface area (Å²) < 4.78 is 0. The fraction of sp³-hybridized carbons (Fsp3) is 0.211. The van der Waals surface area contributed by atoms with Crippen LogP contribution in [0.3, 0.4) is 0 Å². The molecule has 0 aromatic heterocycles. The molecule has 0 aliphatic carbocycles. The van der Waals surface area contributed by atoms with Crippen LogP contribution >= 0.6 is 0 Å². The Morgan fingerprint density at radius 2 is 1.83 bits per heavy atom. The third-order valence-corrected chi connectivity index (χ3v) is 4.26. The molecule has 0 bridgehead atoms. The molecule has 122 valence electrons. The number of nitro benzene ring substituents is 1. The van der Waals surface area contributed by atoms with E-state index in [1.807, 2.05) is 35.2 Å². The first-order valence-electron chi connectivity index (χ1n) is 7.94. The van der Waals surface area contributed by atoms with Gasteiger partial charge in [-0.2, -0.15) is 0 Å². The maximum Gasteiger partial charge on any atom is 0.276 e. The van der Waals surface area contributed by atoms with Crippen molar-refractivity contribution >= 4 is 17.7 Å². The highest BCUT2D eigenvalue weighted by molar-refractivity contribution is 5.92. The number of para-hydroxylation sites is 1. The Hall–Kier alpha value is -2.95. The third-order valence-electron chi connectivity index (χ3n) is 4.26. The summed E-state index contributed by atoms with van der Waals surface area (Å²) in [4.78, 5) is 25.0. The summed E-state index contributed by atoms with van der Waals surface area (Å²) in [7, 11) is 0. The van der Waals surface area contributed by atoms with Crippen LogP contribution < -0.4 is 0 Å². The Kier molecular flexibility index (Phi) is 4.70. The van der Waals surface area contributed by atoms with E-state index in [1.165, 1.54) is 18.2 Å². The van der Waals surface area contributed by atoms with Crippen LogP contribution in [0.5, 0.6) is 0 Å². The average Bonchev–Trinajstić information content (AvgIpc) is 3.10. The molecule has 1 fully saturated rings. The number of nitro groups is 1. The van der Waals surface area contributed by atoms with E-state index in [0.29, 0.717) is 12.1 Å². The van der Waals surface area contributed by atoms with E-state index < -0.39 is 4.92 Å². The maximum atomic E-state index is 12.6. The van der Waals surface area contributed by atoms with E-state index in [9.17, 15) is 14.9 Å². The van der Waals surface area contributed by atoms with Gasteiger partial charge in [-0.3, -0.25) is 14.9 Å². The minimum Gasteiger partial charge on any atom is -0.332 e. The van der Waals surface area contributed by atoms with Crippen molar-refractivity contribution in [1.29, 1.82) is 0 Å². The summed E-state index contributed by atoms with van der Waals surface area (Å²) in [5.74, 6) is -0.112. The number of hydrogen-bond acceptors (Lipinski definition) is 3. The summed E-state index contributed by atoms with van der Waals surface area (Å²) in [6, 6.07) is 16.5. The summed E-state index contributed by atoms with van der Waals surface area (Å²) in [6.45, 7) is 0.708. The minimum absolute atomic E-state index is 0.00239. The second-order valence-electron chi connectivity index (χ2n) is 5.75. The van der Waals surface area contributed by atoms with Crippen molar-refractivity contribution in [3.05, 3.63) is 81.9 Å². The zero-order chi connectivity index (χ0) is 16.9. The van der Waals surface area contributed by atoms with Gasteiger partial charge in [0.1, 0.15) is 0 Å². The predicted molar refractivity (Wildman–Crippen MR) is 92.3 cm³/mol. The summed E-state index contributed by atoms with van der Waals surface area (Å²) >= 11 is 0. The molecule has 1 aliphatic heterocycles. The van der Waals surface area contributed by atoms with Gasteiger partial charge in [-0.15, -0.1) is 0 Å². The molecule has 2 aromatic carbocycles. The van der Waals surface area contributed by atoms with Gasteiger partial charge in [0.2, 0.25) is 5.91 Å². The van der Waals surface area contributed by atoms with Gasteiger partial charge >= 0.3 is 0 Å². The molecular formula is C19H18N2O3. The van der Waals surface area contributed by atoms with Crippen molar-refractivity contribution in [3.63, 3.8) is 0 Å². The van der Waals surface area contributed by atoms with Gasteiger partial charge in [0, 0.05) is 18.7 Å². The van der Waals surface area contributed by atoms with Crippen LogP contribution in [0.25, 0.3) is 6.08 Å². The smallest absolute Gasteiger partial charge is 0.276 e. The van der Waals surface area contributed by atoms with E-state index in [-0.39, 0.29) is 17.6 Å². The fourth-order valence-electron chi connectivity index (χ4n) is 3.10. The molecule has 2 aromatic rings. The molecule has 0 saturated carbocycles. The van der Waals surface area contributed by atoms with Crippen LogP contribution in [0, 0.1) is 10.1 Å². The Morgan fingerprint density at radius 1 is 1.12 bits per heavy atom. The van der Waals surface area contributed by atoms with Crippen LogP contribution in [0.15, 0.2) is 60.7 Å². The number of carbonyl (C=O) groups is 1. The number of rotatable bonds is 4. The van der Waals surface area contributed by atoms with Gasteiger partial charge in [-0.05, 0) is 30.5 Å². The van der Waals surface area contributed by atoms with Crippen LogP contribution in [-0.2, 0) is 4.79 Å². The molecule has 5 nitrogen and oxygen atoms in total. The molecule has 1 saturated heterocycles. The molecule has 1 amide bonds. The van der Waals surface area contributed by atoms with Gasteiger partial charge in [0.25, 0.3) is 5.69 Å². The highest BCUT2D eigenvalue weighted by atomic mass is 16.6. The zero-order valence-corrected chi connectivity index (χ0v) is 13.2. The molecule has 1 atom stereocenters. The van der Waals surface area contributed by atoms with Crippen LogP contribution in [0.1, 0.15) is 30.0 Å². The highest BCUT2D eigenvalue weighted by Gasteiger charge is 2.28. The molecule has 1 aliphatic rings. The Bertz CT molecular complexity index is 771. The monoisotopic (exact) mass is 322 g/mol. The first kappa shape index (κ1) is 15.9. The van der Waals surface area contributed by atoms with Gasteiger partial charge in [-0.25, -0.2) is 0 Å². The lowest BCUT2D eigenvalue weighted by Crippen LogP contribution is -2.28. The lowest BCUT2D eigenvalue weighted by atomic mass is 10.0. The number of amides is 1. The molecule has 5 heteroatoms. The Balaban J connectivity index is 1.78. The van der Waals surface area contributed by atoms with E-state index in [0.717, 1.165) is 18.4 Å². The topological polar surface area (TPSA) is 63.4 Å². The standard InChI is InChI=1S/C19H18N2O3/c22-19(13-12-16-9-4-5-10-18(16)21(23)24)20-14-6-11-17(20)15-7-2-1-3-8-15/h1-5,7-10,12-13,17H,6,11,14H2/b13-12+. The van der Waals surface area contributed by atoms with E-state index in [2.05, 4.69) is 0 Å². The molecule has 3 rings (SSSR count). The van der Waals surface area contributed by atoms with Gasteiger partial charge in [0.15, 0.2) is 0 Å². The Morgan fingerprint density at radius 3 is 2.58 bits per heavy atom.